The van der Waals surface area contributed by atoms with Crippen molar-refractivity contribution in [1.82, 2.24) is 0 Å². The topological polar surface area (TPSA) is 0 Å². The molecule has 0 aromatic heterocycles. The third-order valence-electron chi connectivity index (χ3n) is 4.81. The molecule has 0 unspecified atom stereocenters. The molecule has 0 bridgehead atoms. The van der Waals surface area contributed by atoms with Crippen LogP contribution in [0.25, 0.3) is 0 Å². The zero-order valence-corrected chi connectivity index (χ0v) is 15.7. The summed E-state index contributed by atoms with van der Waals surface area (Å²) in [6, 6.07) is 18.5. The quantitative estimate of drug-likeness (QED) is 0.499. The summed E-state index contributed by atoms with van der Waals surface area (Å²) in [5, 5.41) is 1.26. The van der Waals surface area contributed by atoms with E-state index in [1.54, 1.807) is 11.1 Å². The molecule has 0 amide bonds. The van der Waals surface area contributed by atoms with E-state index in [1.165, 1.54) is 34.0 Å². The predicted molar refractivity (Wildman–Crippen MR) is 96.7 cm³/mol. The maximum absolute atomic E-state index is 2.35. The van der Waals surface area contributed by atoms with Gasteiger partial charge in [0.2, 0.25) is 0 Å². The zero-order chi connectivity index (χ0) is 15.7. The summed E-state index contributed by atoms with van der Waals surface area (Å²) in [6.07, 6.45) is 1.17. The van der Waals surface area contributed by atoms with Crippen molar-refractivity contribution in [3.8, 4) is 0 Å². The molecule has 2 aromatic carbocycles. The molecule has 0 atom stereocenters. The van der Waals surface area contributed by atoms with E-state index in [2.05, 4.69) is 76.2 Å². The number of aryl methyl sites for hydroxylation is 2. The number of hydrogen-bond donors (Lipinski definition) is 0. The van der Waals surface area contributed by atoms with E-state index >= 15 is 0 Å². The van der Waals surface area contributed by atoms with Crippen LogP contribution < -0.4 is 0 Å². The van der Waals surface area contributed by atoms with Gasteiger partial charge < -0.3 is 0 Å². The second-order valence-electron chi connectivity index (χ2n) is 6.59. The molecule has 1 aliphatic heterocycles. The first-order valence-corrected chi connectivity index (χ1v) is 10.0. The Hall–Kier alpha value is -1.30. The molecule has 0 spiro atoms. The number of hydrogen-bond acceptors (Lipinski definition) is 0. The van der Waals surface area contributed by atoms with Crippen molar-refractivity contribution in [2.24, 2.45) is 0 Å². The van der Waals surface area contributed by atoms with Crippen LogP contribution in [0, 0.1) is 13.8 Å². The van der Waals surface area contributed by atoms with Crippen molar-refractivity contribution in [1.29, 1.82) is 0 Å². The van der Waals surface area contributed by atoms with Gasteiger partial charge in [0, 0.05) is 0 Å². The molecule has 0 N–H and O–H groups in total. The average Bonchev–Trinajstić information content (AvgIpc) is 2.52. The Labute approximate surface area is 140 Å². The van der Waals surface area contributed by atoms with Crippen LogP contribution in [0.15, 0.2) is 59.7 Å². The van der Waals surface area contributed by atoms with Crippen molar-refractivity contribution in [3.63, 3.8) is 0 Å². The Morgan fingerprint density at radius 3 is 1.55 bits per heavy atom. The van der Waals surface area contributed by atoms with Crippen LogP contribution in [-0.4, -0.2) is 15.0 Å². The normalized spacial score (nSPS) is 17.6. The first-order chi connectivity index (χ1) is 10.5. The molecule has 1 aliphatic rings. The fourth-order valence-electron chi connectivity index (χ4n) is 3.11. The van der Waals surface area contributed by atoms with Crippen LogP contribution >= 0.6 is 0 Å². The Kier molecular flexibility index (Phi) is 4.30. The van der Waals surface area contributed by atoms with Gasteiger partial charge in [-0.05, 0) is 0 Å². The van der Waals surface area contributed by atoms with E-state index in [4.69, 9.17) is 0 Å². The monoisotopic (exact) mass is 356 g/mol. The predicted octanol–water partition coefficient (Wildman–Crippen LogP) is 5.41. The summed E-state index contributed by atoms with van der Waals surface area (Å²) in [4.78, 5) is 0. The van der Waals surface area contributed by atoms with Crippen LogP contribution in [-0.2, 0) is 4.31 Å². The van der Waals surface area contributed by atoms with Gasteiger partial charge in [-0.1, -0.05) is 0 Å². The Balaban J connectivity index is 2.14. The van der Waals surface area contributed by atoms with E-state index in [-0.39, 0.29) is 4.31 Å². The molecule has 0 saturated carbocycles. The summed E-state index contributed by atoms with van der Waals surface area (Å²) >= 11 is 0.557. The minimum absolute atomic E-state index is 0.206. The molecule has 0 aliphatic carbocycles. The van der Waals surface area contributed by atoms with Crippen molar-refractivity contribution in [2.75, 3.05) is 0 Å². The van der Waals surface area contributed by atoms with Gasteiger partial charge in [0.1, 0.15) is 0 Å². The van der Waals surface area contributed by atoms with Gasteiger partial charge >= 0.3 is 141 Å². The van der Waals surface area contributed by atoms with Crippen molar-refractivity contribution in [2.45, 2.75) is 43.7 Å². The summed E-state index contributed by atoms with van der Waals surface area (Å²) in [7, 11) is 0. The third kappa shape index (κ3) is 2.80. The molecule has 1 heteroatoms. The van der Waals surface area contributed by atoms with Crippen molar-refractivity contribution < 1.29 is 0 Å². The van der Waals surface area contributed by atoms with Gasteiger partial charge in [-0.25, -0.2) is 0 Å². The van der Waals surface area contributed by atoms with Gasteiger partial charge in [-0.3, -0.25) is 0 Å². The Morgan fingerprint density at radius 2 is 1.14 bits per heavy atom. The standard InChI is InChI=1S/C21H24Se/c1-15-5-9-19(10-6-15)21(13-17(3)18(4)14-22-21)20-11-7-16(2)8-12-20/h5-12H,13-14H2,1-4H3. The molecular formula is C21H24Se. The maximum atomic E-state index is 2.35. The molecule has 0 saturated heterocycles. The van der Waals surface area contributed by atoms with Gasteiger partial charge in [0.05, 0.1) is 0 Å². The van der Waals surface area contributed by atoms with E-state index in [0.29, 0.717) is 15.0 Å². The Morgan fingerprint density at radius 1 is 0.682 bits per heavy atom. The molecule has 1 heterocycles. The molecule has 0 fully saturated rings. The molecule has 114 valence electrons. The van der Waals surface area contributed by atoms with Crippen LogP contribution in [0.5, 0.6) is 0 Å². The summed E-state index contributed by atoms with van der Waals surface area (Å²) in [6.45, 7) is 8.97. The van der Waals surface area contributed by atoms with E-state index in [1.807, 2.05) is 0 Å². The second kappa shape index (κ2) is 6.07. The van der Waals surface area contributed by atoms with Crippen molar-refractivity contribution in [3.05, 3.63) is 81.9 Å². The molecule has 2 aromatic rings. The molecule has 0 nitrogen and oxygen atoms in total. The van der Waals surface area contributed by atoms with Crippen LogP contribution in [0.4, 0.5) is 0 Å². The van der Waals surface area contributed by atoms with E-state index in [0.717, 1.165) is 0 Å². The summed E-state index contributed by atoms with van der Waals surface area (Å²) in [5.74, 6) is 0. The summed E-state index contributed by atoms with van der Waals surface area (Å²) in [5.41, 5.74) is 8.86. The minimum atomic E-state index is 0.206. The van der Waals surface area contributed by atoms with Crippen LogP contribution in [0.2, 0.25) is 5.32 Å². The number of benzene rings is 2. The first-order valence-electron chi connectivity index (χ1n) is 7.95. The first kappa shape index (κ1) is 15.6. The van der Waals surface area contributed by atoms with Crippen LogP contribution in [0.1, 0.15) is 42.5 Å². The Bertz CT molecular complexity index is 644. The van der Waals surface area contributed by atoms with Gasteiger partial charge in [-0.15, -0.1) is 0 Å². The zero-order valence-electron chi connectivity index (χ0n) is 13.9. The van der Waals surface area contributed by atoms with Crippen molar-refractivity contribution >= 4 is 15.0 Å². The number of allylic oxidation sites excluding steroid dienone is 2. The fourth-order valence-corrected chi connectivity index (χ4v) is 6.54. The fraction of sp³-hybridized carbons (Fsp3) is 0.333. The SMILES string of the molecule is CC1=C(C)CC(c2ccc(C)cc2)(c2ccc(C)cc2)[Se]C1. The van der Waals surface area contributed by atoms with E-state index < -0.39 is 0 Å². The number of rotatable bonds is 2. The molecule has 3 rings (SSSR count). The van der Waals surface area contributed by atoms with Gasteiger partial charge in [0.15, 0.2) is 0 Å². The second-order valence-corrected chi connectivity index (χ2v) is 9.26. The summed E-state index contributed by atoms with van der Waals surface area (Å²) < 4.78 is 0.206. The van der Waals surface area contributed by atoms with Gasteiger partial charge in [-0.2, -0.15) is 0 Å². The molecular weight excluding hydrogens is 331 g/mol. The third-order valence-corrected chi connectivity index (χ3v) is 8.35. The van der Waals surface area contributed by atoms with E-state index in [9.17, 15) is 0 Å². The molecule has 22 heavy (non-hydrogen) atoms. The molecule has 0 radical (unpaired) electrons. The van der Waals surface area contributed by atoms with Gasteiger partial charge in [0.25, 0.3) is 0 Å². The average molecular weight is 355 g/mol. The van der Waals surface area contributed by atoms with Crippen LogP contribution in [0.3, 0.4) is 0 Å².